The van der Waals surface area contributed by atoms with Gasteiger partial charge in [0.1, 0.15) is 5.82 Å². The molecule has 19 heavy (non-hydrogen) atoms. The molecule has 0 bridgehead atoms. The van der Waals surface area contributed by atoms with Crippen LogP contribution in [0, 0.1) is 12.7 Å². The van der Waals surface area contributed by atoms with Crippen LogP contribution in [-0.2, 0) is 4.79 Å². The van der Waals surface area contributed by atoms with Crippen molar-refractivity contribution in [1.82, 2.24) is 5.16 Å². The summed E-state index contributed by atoms with van der Waals surface area (Å²) >= 11 is 5.62. The SMILES string of the molecule is Cc1cc(NC(=O)CNc2ccc(F)c(Cl)c2)on1. The lowest BCUT2D eigenvalue weighted by atomic mass is 10.3. The van der Waals surface area contributed by atoms with E-state index in [2.05, 4.69) is 15.8 Å². The van der Waals surface area contributed by atoms with Crippen LogP contribution in [0.15, 0.2) is 28.8 Å². The number of rotatable bonds is 4. The molecule has 0 spiro atoms. The Morgan fingerprint density at radius 2 is 2.26 bits per heavy atom. The second kappa shape index (κ2) is 5.71. The van der Waals surface area contributed by atoms with E-state index >= 15 is 0 Å². The van der Waals surface area contributed by atoms with Crippen molar-refractivity contribution in [3.63, 3.8) is 0 Å². The Balaban J connectivity index is 1.88. The van der Waals surface area contributed by atoms with Crippen LogP contribution in [0.5, 0.6) is 0 Å². The van der Waals surface area contributed by atoms with Crippen LogP contribution >= 0.6 is 11.6 Å². The number of aromatic nitrogens is 1. The van der Waals surface area contributed by atoms with Gasteiger partial charge >= 0.3 is 0 Å². The molecule has 0 aliphatic heterocycles. The Hall–Kier alpha value is -2.08. The maximum atomic E-state index is 12.9. The summed E-state index contributed by atoms with van der Waals surface area (Å²) in [5.41, 5.74) is 1.23. The maximum absolute atomic E-state index is 12.9. The fourth-order valence-corrected chi connectivity index (χ4v) is 1.57. The second-order valence-corrected chi connectivity index (χ2v) is 4.27. The van der Waals surface area contributed by atoms with Gasteiger partial charge in [-0.15, -0.1) is 0 Å². The quantitative estimate of drug-likeness (QED) is 0.905. The summed E-state index contributed by atoms with van der Waals surface area (Å²) in [6.45, 7) is 1.75. The molecule has 0 aliphatic rings. The summed E-state index contributed by atoms with van der Waals surface area (Å²) in [7, 11) is 0. The molecule has 0 saturated carbocycles. The molecule has 0 saturated heterocycles. The molecule has 0 radical (unpaired) electrons. The topological polar surface area (TPSA) is 67.2 Å². The van der Waals surface area contributed by atoms with Gasteiger partial charge in [0.25, 0.3) is 0 Å². The van der Waals surface area contributed by atoms with Crippen molar-refractivity contribution in [1.29, 1.82) is 0 Å². The smallest absolute Gasteiger partial charge is 0.246 e. The molecule has 1 amide bonds. The van der Waals surface area contributed by atoms with E-state index in [-0.39, 0.29) is 23.4 Å². The van der Waals surface area contributed by atoms with Crippen molar-refractivity contribution in [2.75, 3.05) is 17.2 Å². The van der Waals surface area contributed by atoms with E-state index in [0.717, 1.165) is 0 Å². The number of amides is 1. The van der Waals surface area contributed by atoms with Crippen LogP contribution in [0.25, 0.3) is 0 Å². The molecule has 7 heteroatoms. The highest BCUT2D eigenvalue weighted by Crippen LogP contribution is 2.19. The number of carbonyl (C=O) groups excluding carboxylic acids is 1. The van der Waals surface area contributed by atoms with E-state index in [1.54, 1.807) is 13.0 Å². The number of hydrogen-bond acceptors (Lipinski definition) is 4. The van der Waals surface area contributed by atoms with Gasteiger partial charge in [-0.1, -0.05) is 16.8 Å². The predicted molar refractivity (Wildman–Crippen MR) is 69.8 cm³/mol. The number of nitrogens with zero attached hydrogens (tertiary/aromatic N) is 1. The average Bonchev–Trinajstić information content (AvgIpc) is 2.76. The van der Waals surface area contributed by atoms with Gasteiger partial charge in [-0.25, -0.2) is 4.39 Å². The molecule has 0 fully saturated rings. The fourth-order valence-electron chi connectivity index (χ4n) is 1.39. The largest absolute Gasteiger partial charge is 0.376 e. The molecule has 1 aromatic carbocycles. The van der Waals surface area contributed by atoms with E-state index < -0.39 is 5.82 Å². The monoisotopic (exact) mass is 283 g/mol. The minimum absolute atomic E-state index is 0.00170. The lowest BCUT2D eigenvalue weighted by molar-refractivity contribution is -0.114. The van der Waals surface area contributed by atoms with Crippen molar-refractivity contribution in [3.8, 4) is 0 Å². The van der Waals surface area contributed by atoms with Crippen LogP contribution in [0.2, 0.25) is 5.02 Å². The molecule has 100 valence electrons. The summed E-state index contributed by atoms with van der Waals surface area (Å²) in [5.74, 6) is -0.535. The predicted octanol–water partition coefficient (Wildman–Crippen LogP) is 2.83. The Morgan fingerprint density at radius 1 is 1.47 bits per heavy atom. The van der Waals surface area contributed by atoms with Crippen LogP contribution in [0.1, 0.15) is 5.69 Å². The Morgan fingerprint density at radius 3 is 2.89 bits per heavy atom. The van der Waals surface area contributed by atoms with Crippen molar-refractivity contribution in [2.24, 2.45) is 0 Å². The van der Waals surface area contributed by atoms with Gasteiger partial charge in [-0.05, 0) is 25.1 Å². The number of carbonyl (C=O) groups is 1. The van der Waals surface area contributed by atoms with E-state index in [1.807, 2.05) is 0 Å². The van der Waals surface area contributed by atoms with Crippen molar-refractivity contribution >= 4 is 29.1 Å². The minimum atomic E-state index is -0.506. The normalized spacial score (nSPS) is 10.3. The maximum Gasteiger partial charge on any atom is 0.246 e. The van der Waals surface area contributed by atoms with E-state index in [9.17, 15) is 9.18 Å². The zero-order chi connectivity index (χ0) is 13.8. The van der Waals surface area contributed by atoms with Crippen LogP contribution in [0.3, 0.4) is 0 Å². The van der Waals surface area contributed by atoms with E-state index in [0.29, 0.717) is 11.4 Å². The number of hydrogen-bond donors (Lipinski definition) is 2. The number of anilines is 2. The molecule has 1 heterocycles. The number of halogens is 2. The van der Waals surface area contributed by atoms with Crippen molar-refractivity contribution in [2.45, 2.75) is 6.92 Å². The lowest BCUT2D eigenvalue weighted by Crippen LogP contribution is -2.21. The minimum Gasteiger partial charge on any atom is -0.376 e. The van der Waals surface area contributed by atoms with Gasteiger partial charge < -0.3 is 9.84 Å². The fraction of sp³-hybridized carbons (Fsp3) is 0.167. The summed E-state index contributed by atoms with van der Waals surface area (Å²) in [6.07, 6.45) is 0. The number of aryl methyl sites for hydroxylation is 1. The first-order chi connectivity index (χ1) is 9.04. The summed E-state index contributed by atoms with van der Waals surface area (Å²) in [4.78, 5) is 11.6. The molecular formula is C12H11ClFN3O2. The zero-order valence-corrected chi connectivity index (χ0v) is 10.8. The first kappa shape index (κ1) is 13.4. The van der Waals surface area contributed by atoms with E-state index in [4.69, 9.17) is 16.1 Å². The first-order valence-electron chi connectivity index (χ1n) is 5.46. The molecule has 2 N–H and O–H groups in total. The molecule has 1 aromatic heterocycles. The summed E-state index contributed by atoms with van der Waals surface area (Å²) in [6, 6.07) is 5.73. The Kier molecular flexibility index (Phi) is 4.01. The van der Waals surface area contributed by atoms with Gasteiger partial charge in [0.05, 0.1) is 17.3 Å². The molecular weight excluding hydrogens is 273 g/mol. The second-order valence-electron chi connectivity index (χ2n) is 3.86. The Bertz CT molecular complexity index is 600. The molecule has 2 aromatic rings. The van der Waals surface area contributed by atoms with Crippen molar-refractivity contribution in [3.05, 3.63) is 40.8 Å². The van der Waals surface area contributed by atoms with Crippen molar-refractivity contribution < 1.29 is 13.7 Å². The van der Waals surface area contributed by atoms with Gasteiger partial charge in [-0.3, -0.25) is 10.1 Å². The Labute approximate surface area is 113 Å². The van der Waals surface area contributed by atoms with Gasteiger partial charge in [0, 0.05) is 11.8 Å². The third-order valence-electron chi connectivity index (χ3n) is 2.26. The zero-order valence-electron chi connectivity index (χ0n) is 10.0. The first-order valence-corrected chi connectivity index (χ1v) is 5.84. The molecule has 2 rings (SSSR count). The number of benzene rings is 1. The molecule has 0 aliphatic carbocycles. The molecule has 0 atom stereocenters. The van der Waals surface area contributed by atoms with Crippen LogP contribution < -0.4 is 10.6 Å². The van der Waals surface area contributed by atoms with Gasteiger partial charge in [-0.2, -0.15) is 0 Å². The molecule has 0 unspecified atom stereocenters. The highest BCUT2D eigenvalue weighted by Gasteiger charge is 2.07. The average molecular weight is 284 g/mol. The highest BCUT2D eigenvalue weighted by molar-refractivity contribution is 6.31. The lowest BCUT2D eigenvalue weighted by Gasteiger charge is -2.06. The van der Waals surface area contributed by atoms with Gasteiger partial charge in [0.2, 0.25) is 11.8 Å². The molecule has 5 nitrogen and oxygen atoms in total. The number of nitrogens with one attached hydrogen (secondary N) is 2. The third kappa shape index (κ3) is 3.69. The van der Waals surface area contributed by atoms with Gasteiger partial charge in [0.15, 0.2) is 0 Å². The third-order valence-corrected chi connectivity index (χ3v) is 2.55. The highest BCUT2D eigenvalue weighted by atomic mass is 35.5. The summed E-state index contributed by atoms with van der Waals surface area (Å²) in [5, 5.41) is 8.97. The standard InChI is InChI=1S/C12H11ClFN3O2/c1-7-4-12(19-17-7)16-11(18)6-15-8-2-3-10(14)9(13)5-8/h2-5,15H,6H2,1H3,(H,16,18). The van der Waals surface area contributed by atoms with Crippen LogP contribution in [0.4, 0.5) is 16.0 Å². The summed E-state index contributed by atoms with van der Waals surface area (Å²) < 4.78 is 17.8. The van der Waals surface area contributed by atoms with Crippen LogP contribution in [-0.4, -0.2) is 17.6 Å². The van der Waals surface area contributed by atoms with E-state index in [1.165, 1.54) is 18.2 Å².